The van der Waals surface area contributed by atoms with Crippen LogP contribution >= 0.6 is 0 Å². The number of nitriles is 1. The molecule has 3 nitrogen and oxygen atoms in total. The molecule has 0 unspecified atom stereocenters. The Labute approximate surface area is 141 Å². The third kappa shape index (κ3) is 2.75. The van der Waals surface area contributed by atoms with E-state index in [1.54, 1.807) is 6.08 Å². The van der Waals surface area contributed by atoms with Gasteiger partial charge in [0.1, 0.15) is 11.6 Å². The van der Waals surface area contributed by atoms with Gasteiger partial charge in [0.2, 0.25) is 5.78 Å². The smallest absolute Gasteiger partial charge is 0.205 e. The van der Waals surface area contributed by atoms with Crippen molar-refractivity contribution >= 4 is 22.8 Å². The normalized spacial score (nSPS) is 11.5. The summed E-state index contributed by atoms with van der Waals surface area (Å²) in [5.41, 5.74) is 5.50. The number of benzene rings is 2. The van der Waals surface area contributed by atoms with Crippen molar-refractivity contribution in [2.75, 3.05) is 0 Å². The van der Waals surface area contributed by atoms with Crippen molar-refractivity contribution in [3.05, 3.63) is 76.0 Å². The van der Waals surface area contributed by atoms with E-state index in [0.717, 1.165) is 33.3 Å². The first-order valence-corrected chi connectivity index (χ1v) is 7.82. The van der Waals surface area contributed by atoms with E-state index in [1.807, 2.05) is 63.2 Å². The number of Topliss-reactive ketones (excluding diaryl/α,β-unsaturated/α-hetero) is 1. The first kappa shape index (κ1) is 15.8. The molecule has 0 amide bonds. The summed E-state index contributed by atoms with van der Waals surface area (Å²) in [6.45, 7) is 5.86. The summed E-state index contributed by atoms with van der Waals surface area (Å²) >= 11 is 0. The van der Waals surface area contributed by atoms with Gasteiger partial charge in [0.05, 0.1) is 5.56 Å². The van der Waals surface area contributed by atoms with Gasteiger partial charge in [0.15, 0.2) is 0 Å². The van der Waals surface area contributed by atoms with Crippen LogP contribution < -0.4 is 0 Å². The summed E-state index contributed by atoms with van der Waals surface area (Å²) in [6, 6.07) is 15.7. The number of aromatic nitrogens is 1. The third-order valence-corrected chi connectivity index (χ3v) is 4.21. The molecule has 118 valence electrons. The number of fused-ring (bicyclic) bond motifs is 1. The van der Waals surface area contributed by atoms with Gasteiger partial charge >= 0.3 is 0 Å². The van der Waals surface area contributed by atoms with Crippen molar-refractivity contribution in [2.24, 2.45) is 0 Å². The molecule has 3 heteroatoms. The number of hydrogen-bond donors (Lipinski definition) is 1. The Morgan fingerprint density at radius 1 is 1.12 bits per heavy atom. The van der Waals surface area contributed by atoms with Gasteiger partial charge in [-0.25, -0.2) is 0 Å². The van der Waals surface area contributed by atoms with E-state index in [2.05, 4.69) is 11.1 Å². The number of rotatable bonds is 3. The number of carbonyl (C=O) groups is 1. The van der Waals surface area contributed by atoms with E-state index >= 15 is 0 Å². The lowest BCUT2D eigenvalue weighted by Crippen LogP contribution is -2.03. The van der Waals surface area contributed by atoms with Crippen LogP contribution in [0.3, 0.4) is 0 Å². The Morgan fingerprint density at radius 3 is 2.58 bits per heavy atom. The predicted octanol–water partition coefficient (Wildman–Crippen LogP) is 4.88. The van der Waals surface area contributed by atoms with Gasteiger partial charge in [-0.15, -0.1) is 0 Å². The first-order valence-electron chi connectivity index (χ1n) is 7.82. The first-order chi connectivity index (χ1) is 11.5. The molecule has 0 aliphatic heterocycles. The molecule has 0 atom stereocenters. The second kappa shape index (κ2) is 6.17. The standard InChI is InChI=1S/C21H18N2O/c1-13-8-9-16(14(2)10-13)11-17(12-22)21(24)20-15(3)23-19-7-5-4-6-18(19)20/h4-11,23H,1-3H3/b17-11+. The zero-order valence-corrected chi connectivity index (χ0v) is 14.0. The number of ketones is 1. The van der Waals surface area contributed by atoms with E-state index in [9.17, 15) is 10.1 Å². The van der Waals surface area contributed by atoms with Crippen LogP contribution in [-0.4, -0.2) is 10.8 Å². The van der Waals surface area contributed by atoms with Crippen molar-refractivity contribution in [1.82, 2.24) is 4.98 Å². The molecule has 24 heavy (non-hydrogen) atoms. The van der Waals surface area contributed by atoms with Crippen LogP contribution in [0.2, 0.25) is 0 Å². The average Bonchev–Trinajstić information content (AvgIpc) is 2.89. The summed E-state index contributed by atoms with van der Waals surface area (Å²) in [4.78, 5) is 16.2. The number of carbonyl (C=O) groups excluding carboxylic acids is 1. The molecule has 0 fully saturated rings. The lowest BCUT2D eigenvalue weighted by molar-refractivity contribution is 0.104. The fraction of sp³-hybridized carbons (Fsp3) is 0.143. The number of hydrogen-bond acceptors (Lipinski definition) is 2. The minimum Gasteiger partial charge on any atom is -0.358 e. The maximum absolute atomic E-state index is 12.9. The summed E-state index contributed by atoms with van der Waals surface area (Å²) in [5, 5.41) is 10.4. The third-order valence-electron chi connectivity index (χ3n) is 4.21. The number of H-pyrrole nitrogens is 1. The molecule has 0 saturated carbocycles. The van der Waals surface area contributed by atoms with Crippen LogP contribution in [-0.2, 0) is 0 Å². The number of nitrogens with one attached hydrogen (secondary N) is 1. The highest BCUT2D eigenvalue weighted by Gasteiger charge is 2.19. The minimum absolute atomic E-state index is 0.148. The Kier molecular flexibility index (Phi) is 4.05. The van der Waals surface area contributed by atoms with Gasteiger partial charge in [-0.1, -0.05) is 42.0 Å². The van der Waals surface area contributed by atoms with Crippen LogP contribution in [0.5, 0.6) is 0 Å². The lowest BCUT2D eigenvalue weighted by atomic mass is 9.97. The molecule has 2 aromatic carbocycles. The number of aryl methyl sites for hydroxylation is 3. The van der Waals surface area contributed by atoms with Crippen LogP contribution in [0.1, 0.15) is 32.7 Å². The number of allylic oxidation sites excluding steroid dienone is 1. The van der Waals surface area contributed by atoms with Crippen molar-refractivity contribution in [3.63, 3.8) is 0 Å². The maximum Gasteiger partial charge on any atom is 0.205 e. The topological polar surface area (TPSA) is 56.6 Å². The van der Waals surface area contributed by atoms with E-state index in [0.29, 0.717) is 5.56 Å². The van der Waals surface area contributed by atoms with Crippen LogP contribution in [0.15, 0.2) is 48.0 Å². The van der Waals surface area contributed by atoms with Crippen LogP contribution in [0, 0.1) is 32.1 Å². The molecule has 0 saturated heterocycles. The lowest BCUT2D eigenvalue weighted by Gasteiger charge is -2.04. The monoisotopic (exact) mass is 314 g/mol. The van der Waals surface area contributed by atoms with Crippen LogP contribution in [0.25, 0.3) is 17.0 Å². The Bertz CT molecular complexity index is 1020. The maximum atomic E-state index is 12.9. The molecule has 1 aromatic heterocycles. The summed E-state index contributed by atoms with van der Waals surface area (Å²) in [5.74, 6) is -0.243. The average molecular weight is 314 g/mol. The van der Waals surface area contributed by atoms with Gasteiger partial charge in [-0.2, -0.15) is 5.26 Å². The molecular weight excluding hydrogens is 296 g/mol. The van der Waals surface area contributed by atoms with Gasteiger partial charge < -0.3 is 4.98 Å². The fourth-order valence-corrected chi connectivity index (χ4v) is 3.00. The van der Waals surface area contributed by atoms with Crippen molar-refractivity contribution < 1.29 is 4.79 Å². The molecule has 0 aliphatic carbocycles. The highest BCUT2D eigenvalue weighted by atomic mass is 16.1. The minimum atomic E-state index is -0.243. The summed E-state index contributed by atoms with van der Waals surface area (Å²) < 4.78 is 0. The second-order valence-corrected chi connectivity index (χ2v) is 6.03. The van der Waals surface area contributed by atoms with E-state index in [1.165, 1.54) is 0 Å². The molecule has 0 aliphatic rings. The van der Waals surface area contributed by atoms with E-state index in [4.69, 9.17) is 0 Å². The Hall–Kier alpha value is -3.12. The number of aromatic amines is 1. The van der Waals surface area contributed by atoms with E-state index < -0.39 is 0 Å². The molecule has 0 radical (unpaired) electrons. The summed E-state index contributed by atoms with van der Waals surface area (Å²) in [6.07, 6.45) is 1.68. The summed E-state index contributed by atoms with van der Waals surface area (Å²) in [7, 11) is 0. The van der Waals surface area contributed by atoms with Crippen molar-refractivity contribution in [1.29, 1.82) is 5.26 Å². The van der Waals surface area contributed by atoms with Gasteiger partial charge in [0, 0.05) is 16.6 Å². The molecular formula is C21H18N2O. The fourth-order valence-electron chi connectivity index (χ4n) is 3.00. The molecule has 3 rings (SSSR count). The molecule has 1 heterocycles. The Balaban J connectivity index is 2.11. The molecule has 0 bridgehead atoms. The second-order valence-electron chi connectivity index (χ2n) is 6.03. The van der Waals surface area contributed by atoms with Crippen molar-refractivity contribution in [2.45, 2.75) is 20.8 Å². The molecule has 0 spiro atoms. The van der Waals surface area contributed by atoms with Crippen LogP contribution in [0.4, 0.5) is 0 Å². The van der Waals surface area contributed by atoms with Gasteiger partial charge in [-0.3, -0.25) is 4.79 Å². The molecule has 1 N–H and O–H groups in total. The largest absolute Gasteiger partial charge is 0.358 e. The van der Waals surface area contributed by atoms with Gasteiger partial charge in [0.25, 0.3) is 0 Å². The van der Waals surface area contributed by atoms with Crippen molar-refractivity contribution in [3.8, 4) is 6.07 Å². The zero-order chi connectivity index (χ0) is 17.3. The van der Waals surface area contributed by atoms with Gasteiger partial charge in [-0.05, 0) is 44.0 Å². The molecule has 3 aromatic rings. The quantitative estimate of drug-likeness (QED) is 0.425. The SMILES string of the molecule is Cc1ccc(/C=C(\C#N)C(=O)c2c(C)[nH]c3ccccc23)c(C)c1. The Morgan fingerprint density at radius 2 is 1.88 bits per heavy atom. The number of para-hydroxylation sites is 1. The zero-order valence-electron chi connectivity index (χ0n) is 14.0. The van der Waals surface area contributed by atoms with E-state index in [-0.39, 0.29) is 11.4 Å². The number of nitrogens with zero attached hydrogens (tertiary/aromatic N) is 1. The highest BCUT2D eigenvalue weighted by Crippen LogP contribution is 2.25. The predicted molar refractivity (Wildman–Crippen MR) is 96.9 cm³/mol. The highest BCUT2D eigenvalue weighted by molar-refractivity contribution is 6.20.